The van der Waals surface area contributed by atoms with Crippen LogP contribution in [0.25, 0.3) is 0 Å². The van der Waals surface area contributed by atoms with Crippen molar-refractivity contribution in [2.24, 2.45) is 0 Å². The number of aromatic nitrogens is 1. The zero-order valence-corrected chi connectivity index (χ0v) is 11.3. The molecule has 22 heavy (non-hydrogen) atoms. The second-order valence-corrected chi connectivity index (χ2v) is 4.95. The molecule has 0 aliphatic carbocycles. The van der Waals surface area contributed by atoms with Crippen LogP contribution in [-0.2, 0) is 6.18 Å². The van der Waals surface area contributed by atoms with E-state index in [1.807, 2.05) is 0 Å². The highest BCUT2D eigenvalue weighted by atomic mass is 19.4. The third-order valence-corrected chi connectivity index (χ3v) is 3.42. The molecule has 3 rings (SSSR count). The molecular formula is C15H12F4N2O. The van der Waals surface area contributed by atoms with Gasteiger partial charge in [0.25, 0.3) is 0 Å². The average molecular weight is 312 g/mol. The summed E-state index contributed by atoms with van der Waals surface area (Å²) in [5, 5.41) is 3.02. The number of pyridine rings is 1. The van der Waals surface area contributed by atoms with Crippen LogP contribution in [0.1, 0.15) is 23.6 Å². The molecule has 2 aromatic rings. The van der Waals surface area contributed by atoms with E-state index < -0.39 is 17.6 Å². The minimum Gasteiger partial charge on any atom is -0.493 e. The lowest BCUT2D eigenvalue weighted by Gasteiger charge is -2.27. The number of hydrogen-bond donors (Lipinski definition) is 1. The third kappa shape index (κ3) is 2.98. The SMILES string of the molecule is Fc1ccc2c(c1)C(Nc1ccc(C(F)(F)F)cn1)CCO2. The van der Waals surface area contributed by atoms with E-state index in [9.17, 15) is 17.6 Å². The predicted octanol–water partition coefficient (Wildman–Crippen LogP) is 4.18. The zero-order valence-electron chi connectivity index (χ0n) is 11.3. The molecule has 1 N–H and O–H groups in total. The molecule has 7 heteroatoms. The zero-order chi connectivity index (χ0) is 15.7. The van der Waals surface area contributed by atoms with Gasteiger partial charge < -0.3 is 10.1 Å². The number of alkyl halides is 3. The highest BCUT2D eigenvalue weighted by Gasteiger charge is 2.31. The van der Waals surface area contributed by atoms with Gasteiger partial charge in [-0.15, -0.1) is 0 Å². The van der Waals surface area contributed by atoms with Crippen LogP contribution in [0, 0.1) is 5.82 Å². The van der Waals surface area contributed by atoms with Crippen molar-refractivity contribution in [1.82, 2.24) is 4.98 Å². The van der Waals surface area contributed by atoms with Crippen molar-refractivity contribution in [2.45, 2.75) is 18.6 Å². The Morgan fingerprint density at radius 3 is 2.68 bits per heavy atom. The fourth-order valence-electron chi connectivity index (χ4n) is 2.34. The summed E-state index contributed by atoms with van der Waals surface area (Å²) >= 11 is 0. The maximum absolute atomic E-state index is 13.4. The largest absolute Gasteiger partial charge is 0.493 e. The van der Waals surface area contributed by atoms with Gasteiger partial charge in [0.1, 0.15) is 17.4 Å². The first-order valence-corrected chi connectivity index (χ1v) is 6.65. The van der Waals surface area contributed by atoms with Gasteiger partial charge in [-0.3, -0.25) is 0 Å². The van der Waals surface area contributed by atoms with E-state index in [1.54, 1.807) is 6.07 Å². The number of benzene rings is 1. The van der Waals surface area contributed by atoms with E-state index in [4.69, 9.17) is 4.74 Å². The van der Waals surface area contributed by atoms with Crippen LogP contribution in [0.3, 0.4) is 0 Å². The summed E-state index contributed by atoms with van der Waals surface area (Å²) in [7, 11) is 0. The lowest BCUT2D eigenvalue weighted by atomic mass is 10.0. The molecule has 0 saturated carbocycles. The molecule has 116 valence electrons. The highest BCUT2D eigenvalue weighted by Crippen LogP contribution is 2.35. The lowest BCUT2D eigenvalue weighted by molar-refractivity contribution is -0.137. The van der Waals surface area contributed by atoms with Gasteiger partial charge in [0.2, 0.25) is 0 Å². The van der Waals surface area contributed by atoms with Crippen molar-refractivity contribution in [3.63, 3.8) is 0 Å². The number of hydrogen-bond acceptors (Lipinski definition) is 3. The van der Waals surface area contributed by atoms with Gasteiger partial charge in [0.15, 0.2) is 0 Å². The van der Waals surface area contributed by atoms with Crippen LogP contribution in [-0.4, -0.2) is 11.6 Å². The molecule has 1 aliphatic rings. The Morgan fingerprint density at radius 1 is 1.18 bits per heavy atom. The molecule has 1 atom stereocenters. The van der Waals surface area contributed by atoms with Crippen molar-refractivity contribution >= 4 is 5.82 Å². The highest BCUT2D eigenvalue weighted by molar-refractivity contribution is 5.45. The molecule has 2 heterocycles. The number of halogens is 4. The summed E-state index contributed by atoms with van der Waals surface area (Å²) in [6.07, 6.45) is -3.08. The molecule has 3 nitrogen and oxygen atoms in total. The van der Waals surface area contributed by atoms with E-state index in [1.165, 1.54) is 18.2 Å². The van der Waals surface area contributed by atoms with Crippen molar-refractivity contribution in [3.8, 4) is 5.75 Å². The second kappa shape index (κ2) is 5.47. The number of rotatable bonds is 2. The fraction of sp³-hybridized carbons (Fsp3) is 0.267. The Labute approximate surface area is 123 Å². The van der Waals surface area contributed by atoms with Gasteiger partial charge >= 0.3 is 6.18 Å². The maximum atomic E-state index is 13.4. The van der Waals surface area contributed by atoms with Gasteiger partial charge in [0, 0.05) is 18.2 Å². The Kier molecular flexibility index (Phi) is 3.64. The van der Waals surface area contributed by atoms with E-state index in [-0.39, 0.29) is 6.04 Å². The lowest BCUT2D eigenvalue weighted by Crippen LogP contribution is -2.21. The van der Waals surface area contributed by atoms with Crippen LogP contribution < -0.4 is 10.1 Å². The molecule has 0 fully saturated rings. The summed E-state index contributed by atoms with van der Waals surface area (Å²) < 4.78 is 56.3. The first-order valence-electron chi connectivity index (χ1n) is 6.65. The molecule has 0 radical (unpaired) electrons. The predicted molar refractivity (Wildman–Crippen MR) is 72.1 cm³/mol. The molecule has 1 aromatic heterocycles. The number of nitrogens with one attached hydrogen (secondary N) is 1. The van der Waals surface area contributed by atoms with Gasteiger partial charge in [-0.25, -0.2) is 9.37 Å². The molecule has 0 spiro atoms. The van der Waals surface area contributed by atoms with Crippen LogP contribution >= 0.6 is 0 Å². The second-order valence-electron chi connectivity index (χ2n) is 4.95. The number of anilines is 1. The number of ether oxygens (including phenoxy) is 1. The standard InChI is InChI=1S/C15H12F4N2O/c16-10-2-3-13-11(7-10)12(5-6-22-13)21-14-4-1-9(8-20-14)15(17,18)19/h1-4,7-8,12H,5-6H2,(H,20,21). The first-order chi connectivity index (χ1) is 10.4. The summed E-state index contributed by atoms with van der Waals surface area (Å²) in [5.74, 6) is 0.476. The summed E-state index contributed by atoms with van der Waals surface area (Å²) in [6.45, 7) is 0.441. The van der Waals surface area contributed by atoms with Crippen molar-refractivity contribution in [3.05, 3.63) is 53.5 Å². The van der Waals surface area contributed by atoms with Gasteiger partial charge in [-0.1, -0.05) is 0 Å². The average Bonchev–Trinajstić information content (AvgIpc) is 2.47. The van der Waals surface area contributed by atoms with Gasteiger partial charge in [0.05, 0.1) is 18.2 Å². The summed E-state index contributed by atoms with van der Waals surface area (Å²) in [5.41, 5.74) is -0.176. The van der Waals surface area contributed by atoms with E-state index in [2.05, 4.69) is 10.3 Å². The number of fused-ring (bicyclic) bond motifs is 1. The Bertz CT molecular complexity index is 670. The topological polar surface area (TPSA) is 34.2 Å². The van der Waals surface area contributed by atoms with Crippen molar-refractivity contribution in [1.29, 1.82) is 0 Å². The van der Waals surface area contributed by atoms with Crippen molar-refractivity contribution in [2.75, 3.05) is 11.9 Å². The van der Waals surface area contributed by atoms with E-state index in [0.717, 1.165) is 12.3 Å². The molecule has 0 amide bonds. The minimum absolute atomic E-state index is 0.260. The molecular weight excluding hydrogens is 300 g/mol. The normalized spacial score (nSPS) is 17.5. The summed E-state index contributed by atoms with van der Waals surface area (Å²) in [6, 6.07) is 6.16. The maximum Gasteiger partial charge on any atom is 0.417 e. The van der Waals surface area contributed by atoms with Crippen molar-refractivity contribution < 1.29 is 22.3 Å². The Balaban J connectivity index is 1.81. The van der Waals surface area contributed by atoms with Crippen LogP contribution in [0.4, 0.5) is 23.4 Å². The van der Waals surface area contributed by atoms with Gasteiger partial charge in [-0.2, -0.15) is 13.2 Å². The molecule has 0 bridgehead atoms. The minimum atomic E-state index is -4.42. The number of nitrogens with zero attached hydrogens (tertiary/aromatic N) is 1. The van der Waals surface area contributed by atoms with Crippen LogP contribution in [0.2, 0.25) is 0 Å². The summed E-state index contributed by atoms with van der Waals surface area (Å²) in [4.78, 5) is 3.77. The molecule has 1 aliphatic heterocycles. The molecule has 1 aromatic carbocycles. The first kappa shape index (κ1) is 14.6. The molecule has 1 unspecified atom stereocenters. The van der Waals surface area contributed by atoms with Crippen LogP contribution in [0.15, 0.2) is 36.5 Å². The van der Waals surface area contributed by atoms with E-state index >= 15 is 0 Å². The Morgan fingerprint density at radius 2 is 2.00 bits per heavy atom. The quantitative estimate of drug-likeness (QED) is 0.845. The Hall–Kier alpha value is -2.31. The monoisotopic (exact) mass is 312 g/mol. The van der Waals surface area contributed by atoms with E-state index in [0.29, 0.717) is 30.2 Å². The smallest absolute Gasteiger partial charge is 0.417 e. The third-order valence-electron chi connectivity index (χ3n) is 3.42. The fourth-order valence-corrected chi connectivity index (χ4v) is 2.34. The van der Waals surface area contributed by atoms with Gasteiger partial charge in [-0.05, 0) is 30.3 Å². The van der Waals surface area contributed by atoms with Crippen LogP contribution in [0.5, 0.6) is 5.75 Å². The molecule has 0 saturated heterocycles.